The highest BCUT2D eigenvalue weighted by Crippen LogP contribution is 2.65. The number of hydrogen-bond donors (Lipinski definition) is 3. The number of amides is 3. The number of nitrogens with zero attached hydrogens (tertiary/aromatic N) is 1. The quantitative estimate of drug-likeness (QED) is 0.348. The summed E-state index contributed by atoms with van der Waals surface area (Å²) in [5.41, 5.74) is 0.585. The molecule has 1 spiro atoms. The van der Waals surface area contributed by atoms with Crippen molar-refractivity contribution in [1.82, 2.24) is 15.5 Å². The van der Waals surface area contributed by atoms with Crippen LogP contribution in [0.2, 0.25) is 0 Å². The molecule has 3 saturated heterocycles. The van der Waals surface area contributed by atoms with Gasteiger partial charge in [-0.2, -0.15) is 0 Å². The number of likely N-dealkylation sites (tertiary alicyclic amines) is 1. The highest BCUT2D eigenvalue weighted by molar-refractivity contribution is 5.99. The number of fused-ring (bicyclic) bond motifs is 1. The van der Waals surface area contributed by atoms with Crippen molar-refractivity contribution in [2.75, 3.05) is 6.61 Å². The van der Waals surface area contributed by atoms with E-state index in [1.807, 2.05) is 97.9 Å². The van der Waals surface area contributed by atoms with Crippen LogP contribution in [-0.2, 0) is 32.2 Å². The minimum atomic E-state index is -1.18. The van der Waals surface area contributed by atoms with Gasteiger partial charge in [-0.25, -0.2) is 0 Å². The lowest BCUT2D eigenvalue weighted by Crippen LogP contribution is -2.56. The summed E-state index contributed by atoms with van der Waals surface area (Å²) in [6.07, 6.45) is 1.59. The van der Waals surface area contributed by atoms with Crippen molar-refractivity contribution in [2.45, 2.75) is 62.6 Å². The summed E-state index contributed by atoms with van der Waals surface area (Å²) in [6.45, 7) is 2.22. The fourth-order valence-corrected chi connectivity index (χ4v) is 7.50. The molecule has 3 aliphatic heterocycles. The summed E-state index contributed by atoms with van der Waals surface area (Å²) in [4.78, 5) is 44.2. The molecule has 3 N–H and O–H groups in total. The highest BCUT2D eigenvalue weighted by Gasteiger charge is 2.79. The molecular weight excluding hydrogens is 530 g/mol. The van der Waals surface area contributed by atoms with Crippen molar-refractivity contribution in [1.29, 1.82) is 0 Å². The number of benzene rings is 3. The molecule has 8 nitrogen and oxygen atoms in total. The van der Waals surface area contributed by atoms with Crippen LogP contribution in [0.3, 0.4) is 0 Å². The lowest BCUT2D eigenvalue weighted by Gasteiger charge is -2.37. The first-order valence-corrected chi connectivity index (χ1v) is 14.8. The predicted octanol–water partition coefficient (Wildman–Crippen LogP) is 3.51. The van der Waals surface area contributed by atoms with Crippen molar-refractivity contribution in [3.05, 3.63) is 108 Å². The lowest BCUT2D eigenvalue weighted by atomic mass is 9.65. The number of carbonyl (C=O) groups is 3. The Bertz CT molecular complexity index is 1440. The Morgan fingerprint density at radius 2 is 1.43 bits per heavy atom. The van der Waals surface area contributed by atoms with Gasteiger partial charge >= 0.3 is 0 Å². The zero-order valence-electron chi connectivity index (χ0n) is 23.7. The van der Waals surface area contributed by atoms with Gasteiger partial charge in [0.05, 0.1) is 30.1 Å². The van der Waals surface area contributed by atoms with E-state index in [9.17, 15) is 19.5 Å². The van der Waals surface area contributed by atoms with Gasteiger partial charge in [0.2, 0.25) is 17.7 Å². The van der Waals surface area contributed by atoms with Crippen LogP contribution in [-0.4, -0.2) is 51.6 Å². The Labute approximate surface area is 246 Å². The van der Waals surface area contributed by atoms with E-state index in [2.05, 4.69) is 10.6 Å². The predicted molar refractivity (Wildman–Crippen MR) is 157 cm³/mol. The second kappa shape index (κ2) is 11.3. The molecule has 2 bridgehead atoms. The molecule has 0 radical (unpaired) electrons. The van der Waals surface area contributed by atoms with E-state index < -0.39 is 35.1 Å². The Morgan fingerprint density at radius 3 is 1.98 bits per heavy atom. The summed E-state index contributed by atoms with van der Waals surface area (Å²) in [5.74, 6) is -2.51. The van der Waals surface area contributed by atoms with E-state index in [-0.39, 0.29) is 30.9 Å². The van der Waals surface area contributed by atoms with E-state index in [0.29, 0.717) is 25.8 Å². The van der Waals surface area contributed by atoms with E-state index in [1.54, 1.807) is 0 Å². The maximum absolute atomic E-state index is 14.6. The molecule has 3 fully saturated rings. The van der Waals surface area contributed by atoms with Gasteiger partial charge in [0.25, 0.3) is 0 Å². The van der Waals surface area contributed by atoms with Gasteiger partial charge in [0.15, 0.2) is 0 Å². The molecule has 3 aromatic carbocycles. The first-order valence-electron chi connectivity index (χ1n) is 14.8. The monoisotopic (exact) mass is 567 g/mol. The van der Waals surface area contributed by atoms with Gasteiger partial charge in [-0.1, -0.05) is 97.9 Å². The molecule has 3 aromatic rings. The average molecular weight is 568 g/mol. The maximum Gasteiger partial charge on any atom is 0.246 e. The molecule has 0 saturated carbocycles. The number of nitrogens with one attached hydrogen (secondary N) is 2. The van der Waals surface area contributed by atoms with Crippen LogP contribution in [0.15, 0.2) is 91.0 Å². The molecule has 3 amide bonds. The molecule has 6 atom stereocenters. The number of rotatable bonds is 10. The molecule has 42 heavy (non-hydrogen) atoms. The molecule has 2 unspecified atom stereocenters. The van der Waals surface area contributed by atoms with Gasteiger partial charge < -0.3 is 25.4 Å². The third-order valence-electron chi connectivity index (χ3n) is 9.46. The first-order chi connectivity index (χ1) is 20.4. The molecule has 3 heterocycles. The van der Waals surface area contributed by atoms with E-state index in [0.717, 1.165) is 16.7 Å². The van der Waals surface area contributed by atoms with Crippen molar-refractivity contribution >= 4 is 17.7 Å². The second-order valence-electron chi connectivity index (χ2n) is 11.6. The highest BCUT2D eigenvalue weighted by atomic mass is 16.5. The maximum atomic E-state index is 14.6. The van der Waals surface area contributed by atoms with Crippen LogP contribution in [0, 0.1) is 11.8 Å². The van der Waals surface area contributed by atoms with Gasteiger partial charge in [-0.05, 0) is 36.0 Å². The minimum absolute atomic E-state index is 0.244. The molecule has 3 aliphatic rings. The van der Waals surface area contributed by atoms with Crippen molar-refractivity contribution in [3.8, 4) is 0 Å². The van der Waals surface area contributed by atoms with Crippen LogP contribution < -0.4 is 10.6 Å². The van der Waals surface area contributed by atoms with Crippen molar-refractivity contribution < 1.29 is 24.2 Å². The smallest absolute Gasteiger partial charge is 0.246 e. The van der Waals surface area contributed by atoms with E-state index in [4.69, 9.17) is 4.74 Å². The Balaban J connectivity index is 1.37. The lowest BCUT2D eigenvalue weighted by molar-refractivity contribution is -0.151. The molecular formula is C34H37N3O5. The zero-order chi connectivity index (χ0) is 29.3. The van der Waals surface area contributed by atoms with Crippen LogP contribution in [0.4, 0.5) is 0 Å². The Hall–Kier alpha value is -4.01. The SMILES string of the molecule is CC[C@@]12CCC3(O1)C(C(=O)NCc1ccccc1)N([C@H](CO)c1ccccc1)C(=O)[C@@H]3[C@@H]2C(=O)NCc1ccccc1. The summed E-state index contributed by atoms with van der Waals surface area (Å²) in [5, 5.41) is 16.7. The normalized spacial score (nSPS) is 28.4. The topological polar surface area (TPSA) is 108 Å². The van der Waals surface area contributed by atoms with Crippen molar-refractivity contribution in [2.24, 2.45) is 11.8 Å². The number of aliphatic hydroxyl groups excluding tert-OH is 1. The second-order valence-corrected chi connectivity index (χ2v) is 11.6. The molecule has 6 rings (SSSR count). The molecule has 218 valence electrons. The summed E-state index contributed by atoms with van der Waals surface area (Å²) in [7, 11) is 0. The van der Waals surface area contributed by atoms with Crippen LogP contribution in [0.25, 0.3) is 0 Å². The number of aliphatic hydroxyl groups is 1. The van der Waals surface area contributed by atoms with E-state index in [1.165, 1.54) is 4.90 Å². The molecule has 8 heteroatoms. The van der Waals surface area contributed by atoms with Gasteiger partial charge in [0, 0.05) is 13.1 Å². The van der Waals surface area contributed by atoms with E-state index >= 15 is 0 Å². The number of carbonyl (C=O) groups excluding carboxylic acids is 3. The molecule has 0 aliphatic carbocycles. The minimum Gasteiger partial charge on any atom is -0.394 e. The summed E-state index contributed by atoms with van der Waals surface area (Å²) in [6, 6.07) is 26.7. The fourth-order valence-electron chi connectivity index (χ4n) is 7.50. The largest absolute Gasteiger partial charge is 0.394 e. The Kier molecular flexibility index (Phi) is 7.60. The third kappa shape index (κ3) is 4.59. The third-order valence-corrected chi connectivity index (χ3v) is 9.46. The molecule has 0 aromatic heterocycles. The van der Waals surface area contributed by atoms with Gasteiger partial charge in [0.1, 0.15) is 11.6 Å². The average Bonchev–Trinajstić information content (AvgIpc) is 3.64. The van der Waals surface area contributed by atoms with Crippen LogP contribution >= 0.6 is 0 Å². The first kappa shape index (κ1) is 28.1. The fraction of sp³-hybridized carbons (Fsp3) is 0.382. The van der Waals surface area contributed by atoms with Crippen molar-refractivity contribution in [3.63, 3.8) is 0 Å². The van der Waals surface area contributed by atoms with Gasteiger partial charge in [-0.15, -0.1) is 0 Å². The van der Waals surface area contributed by atoms with Crippen LogP contribution in [0.1, 0.15) is 48.9 Å². The number of ether oxygens (including phenoxy) is 1. The zero-order valence-corrected chi connectivity index (χ0v) is 23.7. The standard InChI is InChI=1S/C34H37N3O5/c1-2-33-18-19-34(42-33)28(27(33)30(39)35-20-23-12-6-3-7-13-23)32(41)37(26(22-38)25-16-10-5-11-17-25)29(34)31(40)36-21-24-14-8-4-9-15-24/h3-17,26-29,38H,2,18-22H2,1H3,(H,35,39)(H,36,40)/t26-,27-,28+,29?,33+,34?/m1/s1. The Morgan fingerprint density at radius 1 is 0.881 bits per heavy atom. The number of hydrogen-bond acceptors (Lipinski definition) is 5. The summed E-state index contributed by atoms with van der Waals surface area (Å²) >= 11 is 0. The van der Waals surface area contributed by atoms with Crippen LogP contribution in [0.5, 0.6) is 0 Å². The van der Waals surface area contributed by atoms with Gasteiger partial charge in [-0.3, -0.25) is 14.4 Å². The summed E-state index contributed by atoms with van der Waals surface area (Å²) < 4.78 is 6.86.